The number of nitrogens with one attached hydrogen (secondary N) is 1. The van der Waals surface area contributed by atoms with E-state index in [0.29, 0.717) is 18.9 Å². The number of hydrogen-bond donors (Lipinski definition) is 2. The zero-order chi connectivity index (χ0) is 13.2. The normalized spacial score (nSPS) is 16.5. The van der Waals surface area contributed by atoms with Crippen molar-refractivity contribution in [2.45, 2.75) is 6.54 Å². The highest BCUT2D eigenvalue weighted by atomic mass is 16.2. The maximum Gasteiger partial charge on any atom is 0.234 e. The molecular formula is C13H15N5O. The van der Waals surface area contributed by atoms with Crippen molar-refractivity contribution in [2.24, 2.45) is 0 Å². The number of benzene rings is 1. The Bertz CT molecular complexity index is 627. The monoisotopic (exact) mass is 257 g/mol. The minimum Gasteiger partial charge on any atom is -0.383 e. The second-order valence-electron chi connectivity index (χ2n) is 4.67. The van der Waals surface area contributed by atoms with Gasteiger partial charge >= 0.3 is 0 Å². The lowest BCUT2D eigenvalue weighted by Gasteiger charge is -2.26. The van der Waals surface area contributed by atoms with Crippen LogP contribution in [-0.4, -0.2) is 40.4 Å². The maximum atomic E-state index is 11.3. The molecule has 0 radical (unpaired) electrons. The van der Waals surface area contributed by atoms with Gasteiger partial charge in [-0.05, 0) is 17.7 Å². The molecule has 0 atom stereocenters. The molecule has 1 saturated heterocycles. The predicted molar refractivity (Wildman–Crippen MR) is 72.2 cm³/mol. The number of fused-ring (bicyclic) bond motifs is 1. The second kappa shape index (κ2) is 4.81. The number of carbonyl (C=O) groups excluding carboxylic acids is 1. The molecule has 1 aliphatic rings. The molecule has 2 aromatic rings. The van der Waals surface area contributed by atoms with Gasteiger partial charge in [0.1, 0.15) is 12.1 Å². The Balaban J connectivity index is 1.83. The van der Waals surface area contributed by atoms with E-state index in [9.17, 15) is 4.79 Å². The van der Waals surface area contributed by atoms with Crippen LogP contribution in [-0.2, 0) is 11.3 Å². The Kier molecular flexibility index (Phi) is 3.00. The van der Waals surface area contributed by atoms with Crippen LogP contribution in [0, 0.1) is 0 Å². The van der Waals surface area contributed by atoms with E-state index in [4.69, 9.17) is 5.73 Å². The highest BCUT2D eigenvalue weighted by Gasteiger charge is 2.16. The Morgan fingerprint density at radius 1 is 1.37 bits per heavy atom. The van der Waals surface area contributed by atoms with Gasteiger partial charge in [-0.25, -0.2) is 9.97 Å². The van der Waals surface area contributed by atoms with E-state index < -0.39 is 0 Å². The average Bonchev–Trinajstić information content (AvgIpc) is 2.39. The predicted octanol–water partition coefficient (Wildman–Crippen LogP) is 0.144. The molecule has 0 saturated carbocycles. The third-order valence-electron chi connectivity index (χ3n) is 3.26. The molecule has 6 nitrogen and oxygen atoms in total. The number of nitrogens with zero attached hydrogens (tertiary/aromatic N) is 3. The summed E-state index contributed by atoms with van der Waals surface area (Å²) in [7, 11) is 0. The van der Waals surface area contributed by atoms with Gasteiger partial charge in [-0.1, -0.05) is 6.07 Å². The summed E-state index contributed by atoms with van der Waals surface area (Å²) in [6, 6.07) is 5.94. The Morgan fingerprint density at radius 3 is 3.11 bits per heavy atom. The van der Waals surface area contributed by atoms with Crippen molar-refractivity contribution in [2.75, 3.05) is 25.4 Å². The van der Waals surface area contributed by atoms with Crippen molar-refractivity contribution < 1.29 is 4.79 Å². The quantitative estimate of drug-likeness (QED) is 0.799. The zero-order valence-corrected chi connectivity index (χ0v) is 10.5. The van der Waals surface area contributed by atoms with E-state index in [1.807, 2.05) is 18.2 Å². The highest BCUT2D eigenvalue weighted by molar-refractivity contribution is 5.88. The molecule has 98 valence electrons. The first-order valence-corrected chi connectivity index (χ1v) is 6.20. The molecule has 0 aliphatic carbocycles. The molecule has 6 heteroatoms. The largest absolute Gasteiger partial charge is 0.383 e. The summed E-state index contributed by atoms with van der Waals surface area (Å²) in [5.41, 5.74) is 7.76. The van der Waals surface area contributed by atoms with Crippen molar-refractivity contribution in [3.63, 3.8) is 0 Å². The third-order valence-corrected chi connectivity index (χ3v) is 3.26. The van der Waals surface area contributed by atoms with E-state index >= 15 is 0 Å². The lowest BCUT2D eigenvalue weighted by molar-refractivity contribution is -0.124. The third kappa shape index (κ3) is 2.48. The number of carbonyl (C=O) groups is 1. The average molecular weight is 257 g/mol. The van der Waals surface area contributed by atoms with Gasteiger partial charge < -0.3 is 11.1 Å². The SMILES string of the molecule is Nc1ncnc2cc(CN3CCNC(=O)C3)ccc12. The van der Waals surface area contributed by atoms with E-state index in [0.717, 1.165) is 29.6 Å². The van der Waals surface area contributed by atoms with Gasteiger partial charge in [0.05, 0.1) is 12.1 Å². The molecule has 1 amide bonds. The number of anilines is 1. The summed E-state index contributed by atoms with van der Waals surface area (Å²) in [6.07, 6.45) is 1.47. The van der Waals surface area contributed by atoms with Gasteiger partial charge in [0.25, 0.3) is 0 Å². The molecule has 3 N–H and O–H groups in total. The van der Waals surface area contributed by atoms with Gasteiger partial charge in [-0.2, -0.15) is 0 Å². The lowest BCUT2D eigenvalue weighted by atomic mass is 10.1. The summed E-state index contributed by atoms with van der Waals surface area (Å²) in [4.78, 5) is 21.6. The van der Waals surface area contributed by atoms with Gasteiger partial charge in [0, 0.05) is 25.0 Å². The lowest BCUT2D eigenvalue weighted by Crippen LogP contribution is -2.47. The van der Waals surface area contributed by atoms with E-state index in [-0.39, 0.29) is 5.91 Å². The van der Waals surface area contributed by atoms with E-state index in [1.165, 1.54) is 6.33 Å². The fraction of sp³-hybridized carbons (Fsp3) is 0.308. The van der Waals surface area contributed by atoms with Gasteiger partial charge in [0.15, 0.2) is 0 Å². The summed E-state index contributed by atoms with van der Waals surface area (Å²) in [6.45, 7) is 2.77. The fourth-order valence-electron chi connectivity index (χ4n) is 2.31. The number of amides is 1. The van der Waals surface area contributed by atoms with Crippen LogP contribution < -0.4 is 11.1 Å². The van der Waals surface area contributed by atoms with E-state index in [1.54, 1.807) is 0 Å². The zero-order valence-electron chi connectivity index (χ0n) is 10.5. The first-order chi connectivity index (χ1) is 9.22. The maximum absolute atomic E-state index is 11.3. The van der Waals surface area contributed by atoms with Crippen molar-refractivity contribution in [3.8, 4) is 0 Å². The van der Waals surface area contributed by atoms with Crippen LogP contribution in [0.1, 0.15) is 5.56 Å². The van der Waals surface area contributed by atoms with Crippen molar-refractivity contribution in [1.29, 1.82) is 0 Å². The van der Waals surface area contributed by atoms with Gasteiger partial charge in [-0.15, -0.1) is 0 Å². The number of nitrogen functional groups attached to an aromatic ring is 1. The second-order valence-corrected chi connectivity index (χ2v) is 4.67. The minimum absolute atomic E-state index is 0.0820. The van der Waals surface area contributed by atoms with Crippen LogP contribution in [0.3, 0.4) is 0 Å². The number of piperazine rings is 1. The number of nitrogens with two attached hydrogens (primary N) is 1. The standard InChI is InChI=1S/C13H15N5O/c14-13-10-2-1-9(5-11(10)16-8-17-13)6-18-4-3-15-12(19)7-18/h1-2,5,8H,3-4,6-7H2,(H,15,19)(H2,14,16,17). The Labute approximate surface area is 110 Å². The summed E-state index contributed by atoms with van der Waals surface area (Å²) in [5, 5.41) is 3.68. The van der Waals surface area contributed by atoms with Crippen molar-refractivity contribution in [3.05, 3.63) is 30.1 Å². The van der Waals surface area contributed by atoms with Crippen molar-refractivity contribution >= 4 is 22.6 Å². The first kappa shape index (κ1) is 11.9. The molecular weight excluding hydrogens is 242 g/mol. The molecule has 1 fully saturated rings. The fourth-order valence-corrected chi connectivity index (χ4v) is 2.31. The summed E-state index contributed by atoms with van der Waals surface area (Å²) < 4.78 is 0. The van der Waals surface area contributed by atoms with Crippen LogP contribution in [0.2, 0.25) is 0 Å². The van der Waals surface area contributed by atoms with Gasteiger partial charge in [0.2, 0.25) is 5.91 Å². The molecule has 1 aromatic carbocycles. The molecule has 0 spiro atoms. The van der Waals surface area contributed by atoms with Crippen LogP contribution >= 0.6 is 0 Å². The summed E-state index contributed by atoms with van der Waals surface area (Å²) in [5.74, 6) is 0.576. The molecule has 1 aliphatic heterocycles. The highest BCUT2D eigenvalue weighted by Crippen LogP contribution is 2.18. The molecule has 1 aromatic heterocycles. The number of aromatic nitrogens is 2. The van der Waals surface area contributed by atoms with Crippen LogP contribution in [0.4, 0.5) is 5.82 Å². The topological polar surface area (TPSA) is 84.1 Å². The Morgan fingerprint density at radius 2 is 2.26 bits per heavy atom. The van der Waals surface area contributed by atoms with E-state index in [2.05, 4.69) is 20.2 Å². The Hall–Kier alpha value is -2.21. The molecule has 0 unspecified atom stereocenters. The molecule has 2 heterocycles. The summed E-state index contributed by atoms with van der Waals surface area (Å²) >= 11 is 0. The molecule has 3 rings (SSSR count). The minimum atomic E-state index is 0.0820. The van der Waals surface area contributed by atoms with Crippen LogP contribution in [0.25, 0.3) is 10.9 Å². The van der Waals surface area contributed by atoms with Crippen LogP contribution in [0.15, 0.2) is 24.5 Å². The smallest absolute Gasteiger partial charge is 0.234 e. The van der Waals surface area contributed by atoms with Crippen LogP contribution in [0.5, 0.6) is 0 Å². The van der Waals surface area contributed by atoms with Gasteiger partial charge in [-0.3, -0.25) is 9.69 Å². The first-order valence-electron chi connectivity index (χ1n) is 6.20. The number of hydrogen-bond acceptors (Lipinski definition) is 5. The molecule has 19 heavy (non-hydrogen) atoms. The van der Waals surface area contributed by atoms with Crippen molar-refractivity contribution in [1.82, 2.24) is 20.2 Å². The number of rotatable bonds is 2. The molecule has 0 bridgehead atoms.